The summed E-state index contributed by atoms with van der Waals surface area (Å²) in [5, 5.41) is 4.17. The van der Waals surface area contributed by atoms with E-state index in [4.69, 9.17) is 11.6 Å². The summed E-state index contributed by atoms with van der Waals surface area (Å²) in [7, 11) is 0. The lowest BCUT2D eigenvalue weighted by molar-refractivity contribution is 0.719. The molecule has 90 valence electrons. The van der Waals surface area contributed by atoms with Crippen molar-refractivity contribution >= 4 is 17.3 Å². The molecule has 4 heteroatoms. The van der Waals surface area contributed by atoms with Crippen molar-refractivity contribution in [3.8, 4) is 0 Å². The fourth-order valence-corrected chi connectivity index (χ4v) is 2.02. The molecule has 0 bridgehead atoms. The van der Waals surface area contributed by atoms with Crippen molar-refractivity contribution in [2.75, 3.05) is 5.32 Å². The summed E-state index contributed by atoms with van der Waals surface area (Å²) in [5.41, 5.74) is 3.44. The number of hydrogen-bond acceptors (Lipinski definition) is 2. The number of anilines is 1. The molecule has 2 rings (SSSR count). The number of imidazole rings is 1. The first kappa shape index (κ1) is 12.0. The van der Waals surface area contributed by atoms with Crippen LogP contribution in [0, 0.1) is 6.92 Å². The number of rotatable bonds is 4. The van der Waals surface area contributed by atoms with E-state index in [0.717, 1.165) is 29.4 Å². The Hall–Kier alpha value is -1.48. The van der Waals surface area contributed by atoms with Gasteiger partial charge in [0.05, 0.1) is 18.6 Å². The molecule has 3 nitrogen and oxygen atoms in total. The molecule has 0 saturated carbocycles. The summed E-state index contributed by atoms with van der Waals surface area (Å²) < 4.78 is 2.12. The highest BCUT2D eigenvalue weighted by Gasteiger charge is 2.02. The van der Waals surface area contributed by atoms with E-state index in [2.05, 4.69) is 21.8 Å². The smallest absolute Gasteiger partial charge is 0.0948 e. The van der Waals surface area contributed by atoms with Gasteiger partial charge in [-0.3, -0.25) is 0 Å². The Morgan fingerprint density at radius 2 is 2.24 bits per heavy atom. The largest absolute Gasteiger partial charge is 0.379 e. The van der Waals surface area contributed by atoms with E-state index in [9.17, 15) is 0 Å². The molecule has 0 fully saturated rings. The quantitative estimate of drug-likeness (QED) is 0.899. The van der Waals surface area contributed by atoms with Crippen LogP contribution >= 0.6 is 11.6 Å². The molecule has 0 saturated heterocycles. The fourth-order valence-electron chi connectivity index (χ4n) is 1.79. The van der Waals surface area contributed by atoms with Gasteiger partial charge in [0.2, 0.25) is 0 Å². The summed E-state index contributed by atoms with van der Waals surface area (Å²) in [5.74, 6) is 0. The van der Waals surface area contributed by atoms with E-state index >= 15 is 0 Å². The Labute approximate surface area is 106 Å². The van der Waals surface area contributed by atoms with Gasteiger partial charge in [-0.05, 0) is 37.6 Å². The molecular formula is C13H16ClN3. The van der Waals surface area contributed by atoms with Crippen molar-refractivity contribution in [1.82, 2.24) is 9.55 Å². The van der Waals surface area contributed by atoms with Gasteiger partial charge in [0.25, 0.3) is 0 Å². The summed E-state index contributed by atoms with van der Waals surface area (Å²) in [4.78, 5) is 4.14. The van der Waals surface area contributed by atoms with Crippen molar-refractivity contribution in [1.29, 1.82) is 0 Å². The monoisotopic (exact) mass is 249 g/mol. The summed E-state index contributed by atoms with van der Waals surface area (Å²) in [6.45, 7) is 5.87. The number of aromatic nitrogens is 2. The van der Waals surface area contributed by atoms with Crippen molar-refractivity contribution in [3.05, 3.63) is 47.0 Å². The maximum atomic E-state index is 5.92. The molecule has 0 radical (unpaired) electrons. The Balaban J connectivity index is 2.07. The Bertz CT molecular complexity index is 505. The average Bonchev–Trinajstić information content (AvgIpc) is 2.75. The first-order chi connectivity index (χ1) is 8.20. The van der Waals surface area contributed by atoms with E-state index in [1.807, 2.05) is 37.6 Å². The van der Waals surface area contributed by atoms with E-state index in [0.29, 0.717) is 0 Å². The minimum atomic E-state index is 0.770. The van der Waals surface area contributed by atoms with Crippen LogP contribution in [0.5, 0.6) is 0 Å². The van der Waals surface area contributed by atoms with Gasteiger partial charge in [0.15, 0.2) is 0 Å². The zero-order valence-electron chi connectivity index (χ0n) is 10.1. The molecule has 0 aliphatic heterocycles. The number of nitrogens with one attached hydrogen (secondary N) is 1. The van der Waals surface area contributed by atoms with Crippen LogP contribution in [0.2, 0.25) is 5.02 Å². The van der Waals surface area contributed by atoms with Crippen LogP contribution in [0.1, 0.15) is 18.2 Å². The second-order valence-electron chi connectivity index (χ2n) is 3.98. The lowest BCUT2D eigenvalue weighted by atomic mass is 10.2. The maximum Gasteiger partial charge on any atom is 0.0948 e. The third-order valence-corrected chi connectivity index (χ3v) is 3.02. The van der Waals surface area contributed by atoms with Gasteiger partial charge < -0.3 is 9.88 Å². The summed E-state index contributed by atoms with van der Waals surface area (Å²) >= 11 is 5.92. The van der Waals surface area contributed by atoms with Gasteiger partial charge >= 0.3 is 0 Å². The van der Waals surface area contributed by atoms with Crippen LogP contribution in [0.3, 0.4) is 0 Å². The lowest BCUT2D eigenvalue weighted by Crippen LogP contribution is -2.06. The Morgan fingerprint density at radius 1 is 1.41 bits per heavy atom. The van der Waals surface area contributed by atoms with E-state index in [1.54, 1.807) is 0 Å². The molecule has 17 heavy (non-hydrogen) atoms. The van der Waals surface area contributed by atoms with Crippen molar-refractivity contribution in [3.63, 3.8) is 0 Å². The minimum absolute atomic E-state index is 0.770. The molecule has 0 unspecified atom stereocenters. The SMILES string of the molecule is CCn1cncc1CNc1ccc(Cl)cc1C. The molecule has 1 N–H and O–H groups in total. The average molecular weight is 250 g/mol. The van der Waals surface area contributed by atoms with Gasteiger partial charge in [-0.2, -0.15) is 0 Å². The highest BCUT2D eigenvalue weighted by molar-refractivity contribution is 6.30. The molecule has 1 aromatic heterocycles. The maximum absolute atomic E-state index is 5.92. The zero-order valence-corrected chi connectivity index (χ0v) is 10.8. The second-order valence-corrected chi connectivity index (χ2v) is 4.42. The third-order valence-electron chi connectivity index (χ3n) is 2.79. The molecule has 0 atom stereocenters. The number of benzene rings is 1. The predicted octanol–water partition coefficient (Wildman–Crippen LogP) is 3.48. The molecule has 0 spiro atoms. The van der Waals surface area contributed by atoms with Crippen molar-refractivity contribution in [2.24, 2.45) is 0 Å². The van der Waals surface area contributed by atoms with Crippen LogP contribution in [0.25, 0.3) is 0 Å². The highest BCUT2D eigenvalue weighted by Crippen LogP contribution is 2.20. The normalized spacial score (nSPS) is 10.5. The molecular weight excluding hydrogens is 234 g/mol. The number of nitrogens with zero attached hydrogens (tertiary/aromatic N) is 2. The van der Waals surface area contributed by atoms with E-state index < -0.39 is 0 Å². The molecule has 1 heterocycles. The Morgan fingerprint density at radius 3 is 2.94 bits per heavy atom. The molecule has 1 aromatic carbocycles. The number of aryl methyl sites for hydroxylation is 2. The first-order valence-electron chi connectivity index (χ1n) is 5.69. The zero-order chi connectivity index (χ0) is 12.3. The van der Waals surface area contributed by atoms with Gasteiger partial charge in [0.1, 0.15) is 0 Å². The van der Waals surface area contributed by atoms with Crippen molar-refractivity contribution < 1.29 is 0 Å². The van der Waals surface area contributed by atoms with Gasteiger partial charge in [-0.1, -0.05) is 11.6 Å². The summed E-state index contributed by atoms with van der Waals surface area (Å²) in [6.07, 6.45) is 3.74. The van der Waals surface area contributed by atoms with E-state index in [-0.39, 0.29) is 0 Å². The predicted molar refractivity (Wildman–Crippen MR) is 71.4 cm³/mol. The molecule has 0 aliphatic rings. The van der Waals surface area contributed by atoms with E-state index in [1.165, 1.54) is 5.69 Å². The molecule has 0 amide bonds. The Kier molecular flexibility index (Phi) is 3.69. The van der Waals surface area contributed by atoms with Crippen LogP contribution in [-0.2, 0) is 13.1 Å². The first-order valence-corrected chi connectivity index (χ1v) is 6.07. The highest BCUT2D eigenvalue weighted by atomic mass is 35.5. The fraction of sp³-hybridized carbons (Fsp3) is 0.308. The van der Waals surface area contributed by atoms with Crippen LogP contribution < -0.4 is 5.32 Å². The number of hydrogen-bond donors (Lipinski definition) is 1. The van der Waals surface area contributed by atoms with Gasteiger partial charge in [-0.25, -0.2) is 4.98 Å². The second kappa shape index (κ2) is 5.23. The third kappa shape index (κ3) is 2.80. The molecule has 0 aliphatic carbocycles. The lowest BCUT2D eigenvalue weighted by Gasteiger charge is -2.10. The van der Waals surface area contributed by atoms with Crippen LogP contribution in [-0.4, -0.2) is 9.55 Å². The van der Waals surface area contributed by atoms with Gasteiger partial charge in [0, 0.05) is 23.5 Å². The van der Waals surface area contributed by atoms with Crippen LogP contribution in [0.15, 0.2) is 30.7 Å². The minimum Gasteiger partial charge on any atom is -0.379 e. The standard InChI is InChI=1S/C13H16ClN3/c1-3-17-9-15-7-12(17)8-16-13-5-4-11(14)6-10(13)2/h4-7,9,16H,3,8H2,1-2H3. The van der Waals surface area contributed by atoms with Gasteiger partial charge in [-0.15, -0.1) is 0 Å². The van der Waals surface area contributed by atoms with Crippen LogP contribution in [0.4, 0.5) is 5.69 Å². The summed E-state index contributed by atoms with van der Waals surface area (Å²) in [6, 6.07) is 5.86. The van der Waals surface area contributed by atoms with Crippen molar-refractivity contribution in [2.45, 2.75) is 26.9 Å². The topological polar surface area (TPSA) is 29.9 Å². The number of halogens is 1. The molecule has 2 aromatic rings.